The number of carbonyl (C=O) groups excluding carboxylic acids is 2. The smallest absolute Gasteiger partial charge is 0.308 e. The zero-order chi connectivity index (χ0) is 26.1. The highest BCUT2D eigenvalue weighted by Gasteiger charge is 2.35. The van der Waals surface area contributed by atoms with Crippen LogP contribution in [0.4, 0.5) is 0 Å². The van der Waals surface area contributed by atoms with Crippen molar-refractivity contribution in [3.8, 4) is 11.5 Å². The lowest BCUT2D eigenvalue weighted by atomic mass is 9.78. The Bertz CT molecular complexity index is 751. The molecule has 0 saturated carbocycles. The molecule has 0 aromatic heterocycles. The summed E-state index contributed by atoms with van der Waals surface area (Å²) in [6, 6.07) is 4.64. The number of amides is 1. The summed E-state index contributed by atoms with van der Waals surface area (Å²) in [6.07, 6.45) is 14.0. The van der Waals surface area contributed by atoms with Crippen molar-refractivity contribution < 1.29 is 24.5 Å². The predicted molar refractivity (Wildman–Crippen MR) is 141 cm³/mol. The summed E-state index contributed by atoms with van der Waals surface area (Å²) in [5.41, 5.74) is 0.162. The van der Waals surface area contributed by atoms with Gasteiger partial charge in [0, 0.05) is 12.0 Å². The fourth-order valence-corrected chi connectivity index (χ4v) is 4.32. The van der Waals surface area contributed by atoms with Crippen LogP contribution in [-0.4, -0.2) is 35.2 Å². The quantitative estimate of drug-likeness (QED) is 0.114. The van der Waals surface area contributed by atoms with Gasteiger partial charge in [-0.05, 0) is 43.4 Å². The van der Waals surface area contributed by atoms with Crippen LogP contribution in [0.3, 0.4) is 0 Å². The first-order valence-electron chi connectivity index (χ1n) is 13.7. The summed E-state index contributed by atoms with van der Waals surface area (Å²) in [5, 5.41) is 22.0. The molecule has 0 radical (unpaired) electrons. The van der Waals surface area contributed by atoms with Crippen molar-refractivity contribution in [2.75, 3.05) is 13.2 Å². The molecule has 0 bridgehead atoms. The van der Waals surface area contributed by atoms with E-state index in [2.05, 4.69) is 12.2 Å². The second-order valence-electron chi connectivity index (χ2n) is 10.2. The number of phenolic OH excluding ortho intramolecular Hbond substituents is 2. The predicted octanol–water partition coefficient (Wildman–Crippen LogP) is 6.66. The molecule has 0 aliphatic heterocycles. The molecule has 1 rings (SSSR count). The fraction of sp³-hybridized carbons (Fsp3) is 0.724. The Morgan fingerprint density at radius 3 is 2.11 bits per heavy atom. The average Bonchev–Trinajstić information content (AvgIpc) is 2.84. The molecule has 3 N–H and O–H groups in total. The largest absolute Gasteiger partial charge is 0.504 e. The fourth-order valence-electron chi connectivity index (χ4n) is 4.32. The maximum Gasteiger partial charge on any atom is 0.308 e. The number of nitrogens with one attached hydrogen (secondary N) is 1. The molecule has 35 heavy (non-hydrogen) atoms. The van der Waals surface area contributed by atoms with Crippen molar-refractivity contribution in [2.45, 2.75) is 111 Å². The molecule has 0 heterocycles. The number of rotatable bonds is 19. The molecule has 6 nitrogen and oxygen atoms in total. The lowest BCUT2D eigenvalue weighted by Gasteiger charge is -2.29. The van der Waals surface area contributed by atoms with E-state index in [1.807, 2.05) is 20.8 Å². The van der Waals surface area contributed by atoms with Crippen LogP contribution in [0, 0.1) is 11.3 Å². The molecule has 0 spiro atoms. The van der Waals surface area contributed by atoms with Gasteiger partial charge in [-0.15, -0.1) is 0 Å². The summed E-state index contributed by atoms with van der Waals surface area (Å²) < 4.78 is 5.49. The summed E-state index contributed by atoms with van der Waals surface area (Å²) in [5.74, 6) is -0.990. The van der Waals surface area contributed by atoms with Gasteiger partial charge >= 0.3 is 5.97 Å². The van der Waals surface area contributed by atoms with Gasteiger partial charge in [-0.1, -0.05) is 91.5 Å². The zero-order valence-electron chi connectivity index (χ0n) is 22.5. The molecule has 2 unspecified atom stereocenters. The minimum absolute atomic E-state index is 0.0858. The first-order valence-corrected chi connectivity index (χ1v) is 13.7. The van der Waals surface area contributed by atoms with Crippen molar-refractivity contribution >= 4 is 11.9 Å². The maximum atomic E-state index is 12.9. The number of aromatic hydroxyl groups is 2. The number of unbranched alkanes of at least 4 members (excludes halogenated alkanes) is 9. The Hall–Kier alpha value is -2.24. The third kappa shape index (κ3) is 12.3. The number of carbonyl (C=O) groups is 2. The van der Waals surface area contributed by atoms with Gasteiger partial charge in [-0.2, -0.15) is 0 Å². The number of hydrogen-bond acceptors (Lipinski definition) is 5. The molecule has 0 saturated heterocycles. The molecule has 0 aliphatic rings. The standard InChI is InChI=1S/C29H49NO5/c1-5-7-8-9-10-11-12-13-14-15-20-35-27(33)23(3)22-29(4,6-2)28(34)30-19-18-24-16-17-25(31)26(32)21-24/h16-17,21,23,31-32H,5-15,18-20,22H2,1-4H3,(H,30,34). The first-order chi connectivity index (χ1) is 16.7. The number of benzene rings is 1. The second kappa shape index (κ2) is 17.2. The SMILES string of the molecule is CCCCCCCCCCCCOC(=O)C(C)CC(C)(CC)C(=O)NCCc1ccc(O)c(O)c1. The van der Waals surface area contributed by atoms with Crippen molar-refractivity contribution in [3.05, 3.63) is 23.8 Å². The van der Waals surface area contributed by atoms with E-state index in [1.54, 1.807) is 6.07 Å². The lowest BCUT2D eigenvalue weighted by Crippen LogP contribution is -2.41. The van der Waals surface area contributed by atoms with E-state index < -0.39 is 5.41 Å². The monoisotopic (exact) mass is 491 g/mol. The van der Waals surface area contributed by atoms with Crippen molar-refractivity contribution in [2.24, 2.45) is 11.3 Å². The topological polar surface area (TPSA) is 95.9 Å². The van der Waals surface area contributed by atoms with Crippen LogP contribution >= 0.6 is 0 Å². The molecule has 0 fully saturated rings. The normalized spacial score (nSPS) is 13.7. The maximum absolute atomic E-state index is 12.9. The molecule has 1 aromatic rings. The summed E-state index contributed by atoms with van der Waals surface area (Å²) in [4.78, 5) is 25.4. The van der Waals surface area contributed by atoms with Crippen LogP contribution in [0.5, 0.6) is 11.5 Å². The molecule has 0 aliphatic carbocycles. The van der Waals surface area contributed by atoms with E-state index >= 15 is 0 Å². The Balaban J connectivity index is 2.27. The third-order valence-electron chi connectivity index (χ3n) is 6.97. The minimum atomic E-state index is -0.660. The molecular formula is C29H49NO5. The number of hydrogen-bond donors (Lipinski definition) is 3. The van der Waals surface area contributed by atoms with Crippen LogP contribution in [0.2, 0.25) is 0 Å². The van der Waals surface area contributed by atoms with Gasteiger partial charge in [0.15, 0.2) is 11.5 Å². The van der Waals surface area contributed by atoms with Crippen LogP contribution < -0.4 is 5.32 Å². The summed E-state index contributed by atoms with van der Waals surface area (Å²) >= 11 is 0. The number of esters is 1. The Morgan fingerprint density at radius 1 is 0.943 bits per heavy atom. The van der Waals surface area contributed by atoms with Crippen molar-refractivity contribution in [1.29, 1.82) is 0 Å². The van der Waals surface area contributed by atoms with Gasteiger partial charge in [0.05, 0.1) is 12.5 Å². The van der Waals surface area contributed by atoms with Crippen LogP contribution in [-0.2, 0) is 20.7 Å². The van der Waals surface area contributed by atoms with E-state index in [-0.39, 0.29) is 29.3 Å². The summed E-state index contributed by atoms with van der Waals surface area (Å²) in [7, 11) is 0. The zero-order valence-corrected chi connectivity index (χ0v) is 22.5. The van der Waals surface area contributed by atoms with E-state index in [9.17, 15) is 19.8 Å². The lowest BCUT2D eigenvalue weighted by molar-refractivity contribution is -0.150. The molecule has 200 valence electrons. The van der Waals surface area contributed by atoms with Gasteiger partial charge in [0.1, 0.15) is 0 Å². The van der Waals surface area contributed by atoms with Gasteiger partial charge in [0.2, 0.25) is 5.91 Å². The molecular weight excluding hydrogens is 442 g/mol. The molecule has 6 heteroatoms. The Morgan fingerprint density at radius 2 is 1.54 bits per heavy atom. The number of ether oxygens (including phenoxy) is 1. The highest BCUT2D eigenvalue weighted by Crippen LogP contribution is 2.31. The third-order valence-corrected chi connectivity index (χ3v) is 6.97. The molecule has 1 aromatic carbocycles. The van der Waals surface area contributed by atoms with Gasteiger partial charge in [-0.3, -0.25) is 9.59 Å². The Kier molecular flexibility index (Phi) is 15.2. The first kappa shape index (κ1) is 30.8. The minimum Gasteiger partial charge on any atom is -0.504 e. The molecule has 2 atom stereocenters. The van der Waals surface area contributed by atoms with E-state index in [4.69, 9.17) is 4.74 Å². The van der Waals surface area contributed by atoms with Gasteiger partial charge < -0.3 is 20.3 Å². The average molecular weight is 492 g/mol. The van der Waals surface area contributed by atoms with E-state index in [1.165, 1.54) is 63.5 Å². The van der Waals surface area contributed by atoms with Crippen LogP contribution in [0.25, 0.3) is 0 Å². The van der Waals surface area contributed by atoms with Crippen molar-refractivity contribution in [1.82, 2.24) is 5.32 Å². The van der Waals surface area contributed by atoms with Crippen molar-refractivity contribution in [3.63, 3.8) is 0 Å². The highest BCUT2D eigenvalue weighted by molar-refractivity contribution is 5.83. The molecule has 1 amide bonds. The van der Waals surface area contributed by atoms with Gasteiger partial charge in [0.25, 0.3) is 0 Å². The van der Waals surface area contributed by atoms with E-state index in [0.717, 1.165) is 18.4 Å². The summed E-state index contributed by atoms with van der Waals surface area (Å²) in [6.45, 7) is 8.79. The second-order valence-corrected chi connectivity index (χ2v) is 10.2. The van der Waals surface area contributed by atoms with Gasteiger partial charge in [-0.25, -0.2) is 0 Å². The highest BCUT2D eigenvalue weighted by atomic mass is 16.5. The van der Waals surface area contributed by atoms with E-state index in [0.29, 0.717) is 32.4 Å². The van der Waals surface area contributed by atoms with Crippen LogP contribution in [0.1, 0.15) is 110 Å². The number of phenols is 2. The Labute approximate surface area is 212 Å². The van der Waals surface area contributed by atoms with Crippen LogP contribution in [0.15, 0.2) is 18.2 Å².